The highest BCUT2D eigenvalue weighted by Gasteiger charge is 2.23. The molecule has 0 saturated carbocycles. The Labute approximate surface area is 141 Å². The van der Waals surface area contributed by atoms with Crippen LogP contribution in [-0.2, 0) is 11.2 Å². The predicted molar refractivity (Wildman–Crippen MR) is 91.8 cm³/mol. The Kier molecular flexibility index (Phi) is 5.23. The minimum atomic E-state index is 0.0892. The van der Waals surface area contributed by atoms with Crippen molar-refractivity contribution in [2.24, 2.45) is 5.92 Å². The van der Waals surface area contributed by atoms with Crippen molar-refractivity contribution in [3.63, 3.8) is 0 Å². The maximum Gasteiger partial charge on any atom is 0.220 e. The lowest BCUT2D eigenvalue weighted by Gasteiger charge is -2.19. The minimum absolute atomic E-state index is 0.0892. The third kappa shape index (κ3) is 4.52. The number of hydrogen-bond acceptors (Lipinski definition) is 3. The molecule has 1 unspecified atom stereocenters. The number of amides is 1. The first-order chi connectivity index (χ1) is 11.2. The summed E-state index contributed by atoms with van der Waals surface area (Å²) in [5.41, 5.74) is 1.20. The fourth-order valence-corrected chi connectivity index (χ4v) is 3.05. The van der Waals surface area contributed by atoms with Crippen LogP contribution < -0.4 is 10.2 Å². The molecule has 1 aromatic heterocycles. The number of nitrogens with zero attached hydrogens (tertiary/aromatic N) is 1. The van der Waals surface area contributed by atoms with Crippen molar-refractivity contribution in [1.82, 2.24) is 5.32 Å². The van der Waals surface area contributed by atoms with E-state index in [1.807, 2.05) is 36.4 Å². The van der Waals surface area contributed by atoms with Gasteiger partial charge in [0.2, 0.25) is 5.91 Å². The Hall–Kier alpha value is -1.94. The van der Waals surface area contributed by atoms with Crippen LogP contribution in [0.15, 0.2) is 47.1 Å². The van der Waals surface area contributed by atoms with Gasteiger partial charge in [0.15, 0.2) is 0 Å². The van der Waals surface area contributed by atoms with Crippen LogP contribution in [0.25, 0.3) is 0 Å². The number of halogens is 1. The summed E-state index contributed by atoms with van der Waals surface area (Å²) in [6, 6.07) is 11.7. The SMILES string of the molecule is O=C(CCc1ccco1)NCC1CCN(c2ccc(Cl)cc2)C1. The quantitative estimate of drug-likeness (QED) is 0.880. The van der Waals surface area contributed by atoms with E-state index in [4.69, 9.17) is 16.0 Å². The van der Waals surface area contributed by atoms with Gasteiger partial charge in [-0.1, -0.05) is 11.6 Å². The first-order valence-electron chi connectivity index (χ1n) is 8.00. The molecule has 0 radical (unpaired) electrons. The van der Waals surface area contributed by atoms with Gasteiger partial charge in [0.1, 0.15) is 5.76 Å². The van der Waals surface area contributed by atoms with Crippen molar-refractivity contribution in [1.29, 1.82) is 0 Å². The summed E-state index contributed by atoms with van der Waals surface area (Å²) < 4.78 is 5.24. The van der Waals surface area contributed by atoms with Crippen LogP contribution in [-0.4, -0.2) is 25.5 Å². The average Bonchev–Trinajstić information content (AvgIpc) is 3.23. The summed E-state index contributed by atoms with van der Waals surface area (Å²) in [5.74, 6) is 1.44. The fraction of sp³-hybridized carbons (Fsp3) is 0.389. The lowest BCUT2D eigenvalue weighted by atomic mass is 10.1. The molecule has 1 saturated heterocycles. The van der Waals surface area contributed by atoms with Crippen molar-refractivity contribution in [2.75, 3.05) is 24.5 Å². The van der Waals surface area contributed by atoms with Gasteiger partial charge in [-0.25, -0.2) is 0 Å². The van der Waals surface area contributed by atoms with E-state index < -0.39 is 0 Å². The van der Waals surface area contributed by atoms with E-state index in [1.54, 1.807) is 6.26 Å². The zero-order valence-corrected chi connectivity index (χ0v) is 13.8. The Bertz CT molecular complexity index is 625. The first kappa shape index (κ1) is 15.9. The van der Waals surface area contributed by atoms with Gasteiger partial charge in [0.25, 0.3) is 0 Å². The van der Waals surface area contributed by atoms with Crippen molar-refractivity contribution in [3.05, 3.63) is 53.4 Å². The Morgan fingerprint density at radius 1 is 1.30 bits per heavy atom. The van der Waals surface area contributed by atoms with Gasteiger partial charge in [-0.05, 0) is 48.7 Å². The smallest absolute Gasteiger partial charge is 0.220 e. The van der Waals surface area contributed by atoms with Crippen molar-refractivity contribution < 1.29 is 9.21 Å². The van der Waals surface area contributed by atoms with E-state index in [9.17, 15) is 4.79 Å². The lowest BCUT2D eigenvalue weighted by molar-refractivity contribution is -0.121. The van der Waals surface area contributed by atoms with Crippen LogP contribution >= 0.6 is 11.6 Å². The molecule has 1 fully saturated rings. The van der Waals surface area contributed by atoms with Crippen LogP contribution in [0.4, 0.5) is 5.69 Å². The number of carbonyl (C=O) groups is 1. The van der Waals surface area contributed by atoms with E-state index in [-0.39, 0.29) is 5.91 Å². The molecule has 1 aliphatic heterocycles. The molecule has 23 heavy (non-hydrogen) atoms. The van der Waals surface area contributed by atoms with Crippen LogP contribution in [0.2, 0.25) is 5.02 Å². The summed E-state index contributed by atoms with van der Waals surface area (Å²) >= 11 is 5.93. The van der Waals surface area contributed by atoms with Crippen molar-refractivity contribution in [3.8, 4) is 0 Å². The molecular formula is C18H21ClN2O2. The third-order valence-corrected chi connectivity index (χ3v) is 4.50. The highest BCUT2D eigenvalue weighted by molar-refractivity contribution is 6.30. The number of furan rings is 1. The summed E-state index contributed by atoms with van der Waals surface area (Å²) in [4.78, 5) is 14.2. The van der Waals surface area contributed by atoms with Gasteiger partial charge in [0, 0.05) is 43.2 Å². The third-order valence-electron chi connectivity index (χ3n) is 4.24. The van der Waals surface area contributed by atoms with E-state index >= 15 is 0 Å². The van der Waals surface area contributed by atoms with E-state index in [2.05, 4.69) is 10.2 Å². The second-order valence-electron chi connectivity index (χ2n) is 5.96. The summed E-state index contributed by atoms with van der Waals surface area (Å²) in [6.45, 7) is 2.73. The van der Waals surface area contributed by atoms with Crippen molar-refractivity contribution in [2.45, 2.75) is 19.3 Å². The van der Waals surface area contributed by atoms with E-state index in [0.29, 0.717) is 18.8 Å². The number of carbonyl (C=O) groups excluding carboxylic acids is 1. The average molecular weight is 333 g/mol. The molecule has 1 atom stereocenters. The van der Waals surface area contributed by atoms with Crippen LogP contribution in [0.5, 0.6) is 0 Å². The standard InChI is InChI=1S/C18H21ClN2O2/c19-15-3-5-16(6-4-15)21-10-9-14(13-21)12-20-18(22)8-7-17-2-1-11-23-17/h1-6,11,14H,7-10,12-13H2,(H,20,22). The summed E-state index contributed by atoms with van der Waals surface area (Å²) in [7, 11) is 0. The highest BCUT2D eigenvalue weighted by Crippen LogP contribution is 2.24. The number of benzene rings is 1. The van der Waals surface area contributed by atoms with Crippen LogP contribution in [0.1, 0.15) is 18.6 Å². The molecule has 3 rings (SSSR count). The largest absolute Gasteiger partial charge is 0.469 e. The number of rotatable bonds is 6. The predicted octanol–water partition coefficient (Wildman–Crippen LogP) is 3.51. The van der Waals surface area contributed by atoms with Crippen molar-refractivity contribution >= 4 is 23.2 Å². The molecule has 0 bridgehead atoms. The Morgan fingerprint density at radius 2 is 2.13 bits per heavy atom. The first-order valence-corrected chi connectivity index (χ1v) is 8.38. The van der Waals surface area contributed by atoms with Gasteiger partial charge in [-0.2, -0.15) is 0 Å². The van der Waals surface area contributed by atoms with Gasteiger partial charge in [-0.15, -0.1) is 0 Å². The monoisotopic (exact) mass is 332 g/mol. The number of anilines is 1. The Morgan fingerprint density at radius 3 is 2.87 bits per heavy atom. The summed E-state index contributed by atoms with van der Waals surface area (Å²) in [5, 5.41) is 3.80. The molecule has 1 N–H and O–H groups in total. The number of hydrogen-bond donors (Lipinski definition) is 1. The molecule has 2 heterocycles. The summed E-state index contributed by atoms with van der Waals surface area (Å²) in [6.07, 6.45) is 3.86. The second kappa shape index (κ2) is 7.55. The van der Waals surface area contributed by atoms with Gasteiger partial charge in [-0.3, -0.25) is 4.79 Å². The van der Waals surface area contributed by atoms with Gasteiger partial charge < -0.3 is 14.6 Å². The number of aryl methyl sites for hydroxylation is 1. The van der Waals surface area contributed by atoms with Crippen LogP contribution in [0, 0.1) is 5.92 Å². The molecule has 0 aliphatic carbocycles. The molecule has 4 nitrogen and oxygen atoms in total. The second-order valence-corrected chi connectivity index (χ2v) is 6.40. The minimum Gasteiger partial charge on any atom is -0.469 e. The molecule has 0 spiro atoms. The number of nitrogens with one attached hydrogen (secondary N) is 1. The fourth-order valence-electron chi connectivity index (χ4n) is 2.92. The molecule has 1 aliphatic rings. The maximum atomic E-state index is 11.9. The topological polar surface area (TPSA) is 45.5 Å². The molecule has 1 amide bonds. The molecule has 2 aromatic rings. The zero-order valence-electron chi connectivity index (χ0n) is 13.0. The normalized spacial score (nSPS) is 17.4. The van der Waals surface area contributed by atoms with E-state index in [0.717, 1.165) is 36.8 Å². The molecular weight excluding hydrogens is 312 g/mol. The molecule has 122 valence electrons. The molecule has 5 heteroatoms. The highest BCUT2D eigenvalue weighted by atomic mass is 35.5. The zero-order chi connectivity index (χ0) is 16.1. The lowest BCUT2D eigenvalue weighted by Crippen LogP contribution is -2.31. The molecule has 1 aromatic carbocycles. The van der Waals surface area contributed by atoms with Crippen LogP contribution in [0.3, 0.4) is 0 Å². The van der Waals surface area contributed by atoms with Gasteiger partial charge in [0.05, 0.1) is 6.26 Å². The van der Waals surface area contributed by atoms with Gasteiger partial charge >= 0.3 is 0 Å². The maximum absolute atomic E-state index is 11.9. The Balaban J connectivity index is 1.39. The van der Waals surface area contributed by atoms with E-state index in [1.165, 1.54) is 5.69 Å².